The van der Waals surface area contributed by atoms with Gasteiger partial charge in [0.1, 0.15) is 0 Å². The van der Waals surface area contributed by atoms with E-state index in [1.165, 1.54) is 0 Å². The van der Waals surface area contributed by atoms with Crippen LogP contribution in [0.3, 0.4) is 0 Å². The van der Waals surface area contributed by atoms with Crippen LogP contribution in [0.4, 0.5) is 0 Å². The highest BCUT2D eigenvalue weighted by Crippen LogP contribution is 2.25. The first-order valence-corrected chi connectivity index (χ1v) is 5.82. The summed E-state index contributed by atoms with van der Waals surface area (Å²) >= 11 is 11.8. The monoisotopic (exact) mass is 262 g/mol. The van der Waals surface area contributed by atoms with Gasteiger partial charge in [-0.05, 0) is 17.7 Å². The molecule has 0 aliphatic heterocycles. The molecule has 1 atom stereocenters. The van der Waals surface area contributed by atoms with E-state index in [9.17, 15) is 0 Å². The maximum atomic E-state index is 5.95. The Hall–Kier alpha value is -0.320. The summed E-state index contributed by atoms with van der Waals surface area (Å²) in [5.74, 6) is 0. The van der Waals surface area contributed by atoms with Crippen molar-refractivity contribution in [3.63, 3.8) is 0 Å². The fourth-order valence-electron chi connectivity index (χ4n) is 1.40. The first-order chi connectivity index (χ1) is 7.69. The molecule has 0 saturated carbocycles. The van der Waals surface area contributed by atoms with Crippen LogP contribution in [0.1, 0.15) is 11.6 Å². The molecule has 0 aliphatic rings. The Bertz CT molecular complexity index is 334. The van der Waals surface area contributed by atoms with Crippen molar-refractivity contribution < 1.29 is 4.74 Å². The van der Waals surface area contributed by atoms with E-state index in [0.29, 0.717) is 23.2 Å². The Morgan fingerprint density at radius 2 is 2.12 bits per heavy atom. The maximum Gasteiger partial charge on any atom is 0.0595 e. The van der Waals surface area contributed by atoms with Gasteiger partial charge < -0.3 is 15.8 Å². The van der Waals surface area contributed by atoms with Crippen molar-refractivity contribution in [1.29, 1.82) is 0 Å². The smallest absolute Gasteiger partial charge is 0.0595 e. The molecule has 1 unspecified atom stereocenters. The number of ether oxygens (including phenoxy) is 1. The zero-order valence-electron chi connectivity index (χ0n) is 9.17. The molecule has 16 heavy (non-hydrogen) atoms. The van der Waals surface area contributed by atoms with Crippen LogP contribution in [-0.2, 0) is 4.74 Å². The number of halogens is 2. The summed E-state index contributed by atoms with van der Waals surface area (Å²) in [6.45, 7) is 1.90. The molecule has 0 heterocycles. The van der Waals surface area contributed by atoms with E-state index in [1.807, 2.05) is 12.1 Å². The summed E-state index contributed by atoms with van der Waals surface area (Å²) in [5, 5.41) is 4.38. The Balaban J connectivity index is 2.67. The normalized spacial score (nSPS) is 12.8. The van der Waals surface area contributed by atoms with Crippen molar-refractivity contribution in [3.05, 3.63) is 33.8 Å². The van der Waals surface area contributed by atoms with E-state index < -0.39 is 0 Å². The third-order valence-electron chi connectivity index (χ3n) is 2.28. The quantitative estimate of drug-likeness (QED) is 0.774. The first-order valence-electron chi connectivity index (χ1n) is 5.06. The topological polar surface area (TPSA) is 47.3 Å². The molecule has 5 heteroatoms. The predicted octanol–water partition coefficient (Wildman–Crippen LogP) is 2.23. The number of hydrogen-bond donors (Lipinski definition) is 2. The van der Waals surface area contributed by atoms with Crippen molar-refractivity contribution in [1.82, 2.24) is 5.32 Å². The van der Waals surface area contributed by atoms with E-state index in [4.69, 9.17) is 33.7 Å². The molecule has 0 aliphatic carbocycles. The Morgan fingerprint density at radius 3 is 2.69 bits per heavy atom. The van der Waals surface area contributed by atoms with Crippen molar-refractivity contribution in [2.45, 2.75) is 6.04 Å². The lowest BCUT2D eigenvalue weighted by atomic mass is 10.1. The molecule has 0 amide bonds. The minimum atomic E-state index is 0.0740. The third-order valence-corrected chi connectivity index (χ3v) is 3.02. The fourth-order valence-corrected chi connectivity index (χ4v) is 1.71. The SMILES string of the molecule is COCCNC(CN)c1ccc(Cl)c(Cl)c1. The lowest BCUT2D eigenvalue weighted by molar-refractivity contribution is 0.196. The molecule has 0 spiro atoms. The van der Waals surface area contributed by atoms with Crippen LogP contribution in [0.25, 0.3) is 0 Å². The van der Waals surface area contributed by atoms with Gasteiger partial charge in [0.05, 0.1) is 16.7 Å². The van der Waals surface area contributed by atoms with Crippen LogP contribution < -0.4 is 11.1 Å². The summed E-state index contributed by atoms with van der Waals surface area (Å²) in [5.41, 5.74) is 6.73. The maximum absolute atomic E-state index is 5.95. The first kappa shape index (κ1) is 13.7. The summed E-state index contributed by atoms with van der Waals surface area (Å²) in [7, 11) is 1.66. The van der Waals surface area contributed by atoms with Gasteiger partial charge in [0.15, 0.2) is 0 Å². The van der Waals surface area contributed by atoms with Crippen molar-refractivity contribution >= 4 is 23.2 Å². The molecular formula is C11H16Cl2N2O. The summed E-state index contributed by atoms with van der Waals surface area (Å²) < 4.78 is 4.96. The predicted molar refractivity (Wildman–Crippen MR) is 68.1 cm³/mol. The molecule has 1 aromatic rings. The minimum Gasteiger partial charge on any atom is -0.383 e. The zero-order valence-corrected chi connectivity index (χ0v) is 10.7. The fraction of sp³-hybridized carbons (Fsp3) is 0.455. The van der Waals surface area contributed by atoms with E-state index in [-0.39, 0.29) is 6.04 Å². The van der Waals surface area contributed by atoms with Gasteiger partial charge in [0.2, 0.25) is 0 Å². The van der Waals surface area contributed by atoms with E-state index >= 15 is 0 Å². The standard InChI is InChI=1S/C11H16Cl2N2O/c1-16-5-4-15-11(7-14)8-2-3-9(12)10(13)6-8/h2-3,6,11,15H,4-5,7,14H2,1H3. The van der Waals surface area contributed by atoms with Crippen molar-refractivity contribution in [3.8, 4) is 0 Å². The van der Waals surface area contributed by atoms with Crippen LogP contribution in [0, 0.1) is 0 Å². The Kier molecular flexibility index (Phi) is 6.09. The summed E-state index contributed by atoms with van der Waals surface area (Å²) in [6, 6.07) is 5.61. The number of rotatable bonds is 6. The molecule has 3 N–H and O–H groups in total. The second-order valence-corrected chi connectivity index (χ2v) is 4.22. The second-order valence-electron chi connectivity index (χ2n) is 3.41. The summed E-state index contributed by atoms with van der Waals surface area (Å²) in [6.07, 6.45) is 0. The van der Waals surface area contributed by atoms with Gasteiger partial charge in [-0.2, -0.15) is 0 Å². The molecule has 0 radical (unpaired) electrons. The van der Waals surface area contributed by atoms with Crippen LogP contribution >= 0.6 is 23.2 Å². The van der Waals surface area contributed by atoms with E-state index in [0.717, 1.165) is 12.1 Å². The van der Waals surface area contributed by atoms with E-state index in [1.54, 1.807) is 13.2 Å². The van der Waals surface area contributed by atoms with Crippen molar-refractivity contribution in [2.75, 3.05) is 26.8 Å². The van der Waals surface area contributed by atoms with E-state index in [2.05, 4.69) is 5.32 Å². The van der Waals surface area contributed by atoms with Gasteiger partial charge in [0, 0.05) is 26.2 Å². The van der Waals surface area contributed by atoms with Crippen LogP contribution in [-0.4, -0.2) is 26.8 Å². The van der Waals surface area contributed by atoms with Gasteiger partial charge in [-0.3, -0.25) is 0 Å². The van der Waals surface area contributed by atoms with Gasteiger partial charge >= 0.3 is 0 Å². The van der Waals surface area contributed by atoms with Gasteiger partial charge in [-0.25, -0.2) is 0 Å². The highest BCUT2D eigenvalue weighted by atomic mass is 35.5. The average molecular weight is 263 g/mol. The molecule has 0 fully saturated rings. The molecule has 0 saturated heterocycles. The molecular weight excluding hydrogens is 247 g/mol. The van der Waals surface area contributed by atoms with Crippen LogP contribution in [0.15, 0.2) is 18.2 Å². The largest absolute Gasteiger partial charge is 0.383 e. The molecule has 1 aromatic carbocycles. The zero-order chi connectivity index (χ0) is 12.0. The number of nitrogens with one attached hydrogen (secondary N) is 1. The number of hydrogen-bond acceptors (Lipinski definition) is 3. The van der Waals surface area contributed by atoms with Crippen LogP contribution in [0.2, 0.25) is 10.0 Å². The lowest BCUT2D eigenvalue weighted by Crippen LogP contribution is -2.30. The van der Waals surface area contributed by atoms with Crippen molar-refractivity contribution in [2.24, 2.45) is 5.73 Å². The van der Waals surface area contributed by atoms with Gasteiger partial charge in [-0.1, -0.05) is 29.3 Å². The third kappa shape index (κ3) is 3.92. The lowest BCUT2D eigenvalue weighted by Gasteiger charge is -2.17. The molecule has 0 aromatic heterocycles. The number of methoxy groups -OCH3 is 1. The molecule has 90 valence electrons. The number of nitrogens with two attached hydrogens (primary N) is 1. The molecule has 0 bridgehead atoms. The Morgan fingerprint density at radius 1 is 1.38 bits per heavy atom. The molecule has 3 nitrogen and oxygen atoms in total. The minimum absolute atomic E-state index is 0.0740. The Labute approximate surface area is 106 Å². The van der Waals surface area contributed by atoms with Gasteiger partial charge in [-0.15, -0.1) is 0 Å². The highest BCUT2D eigenvalue weighted by Gasteiger charge is 2.10. The average Bonchev–Trinajstić information content (AvgIpc) is 2.29. The highest BCUT2D eigenvalue weighted by molar-refractivity contribution is 6.42. The second kappa shape index (κ2) is 7.09. The summed E-state index contributed by atoms with van der Waals surface area (Å²) in [4.78, 5) is 0. The van der Waals surface area contributed by atoms with Gasteiger partial charge in [0.25, 0.3) is 0 Å². The number of benzene rings is 1. The van der Waals surface area contributed by atoms with Crippen LogP contribution in [0.5, 0.6) is 0 Å². The molecule has 1 rings (SSSR count).